The fourth-order valence-corrected chi connectivity index (χ4v) is 2.51. The normalized spacial score (nSPS) is 14.0. The minimum atomic E-state index is 0. The van der Waals surface area contributed by atoms with Crippen LogP contribution >= 0.6 is 12.4 Å². The largest absolute Gasteiger partial charge is 0.489 e. The van der Waals surface area contributed by atoms with Crippen LogP contribution in [0.15, 0.2) is 54.6 Å². The van der Waals surface area contributed by atoms with Crippen molar-refractivity contribution in [2.24, 2.45) is 0 Å². The van der Waals surface area contributed by atoms with Crippen LogP contribution in [0.2, 0.25) is 0 Å². The van der Waals surface area contributed by atoms with Gasteiger partial charge in [0, 0.05) is 31.7 Å². The molecule has 1 N–H and O–H groups in total. The van der Waals surface area contributed by atoms with Gasteiger partial charge >= 0.3 is 0 Å². The van der Waals surface area contributed by atoms with Gasteiger partial charge in [-0.3, -0.25) is 4.79 Å². The standard InChI is InChI=1S/C18H20N2O2.ClH/c21-18(20-11-9-19-10-12-20)16-7-4-8-17(13-16)22-14-15-5-2-1-3-6-15;/h1-8,13,19H,9-12,14H2;1H. The summed E-state index contributed by atoms with van der Waals surface area (Å²) in [6.45, 7) is 3.74. The molecule has 1 heterocycles. The van der Waals surface area contributed by atoms with E-state index in [-0.39, 0.29) is 18.3 Å². The van der Waals surface area contributed by atoms with Crippen LogP contribution in [0.3, 0.4) is 0 Å². The Morgan fingerprint density at radius 3 is 2.52 bits per heavy atom. The van der Waals surface area contributed by atoms with Crippen molar-refractivity contribution in [3.63, 3.8) is 0 Å². The molecule has 0 aromatic heterocycles. The first-order chi connectivity index (χ1) is 10.8. The maximum atomic E-state index is 12.5. The van der Waals surface area contributed by atoms with E-state index in [9.17, 15) is 4.79 Å². The van der Waals surface area contributed by atoms with Crippen molar-refractivity contribution in [3.8, 4) is 5.75 Å². The van der Waals surface area contributed by atoms with Crippen LogP contribution in [0.1, 0.15) is 15.9 Å². The van der Waals surface area contributed by atoms with E-state index < -0.39 is 0 Å². The van der Waals surface area contributed by atoms with Crippen molar-refractivity contribution in [1.82, 2.24) is 10.2 Å². The lowest BCUT2D eigenvalue weighted by molar-refractivity contribution is 0.0735. The van der Waals surface area contributed by atoms with Crippen LogP contribution in [0, 0.1) is 0 Å². The molecule has 1 saturated heterocycles. The third-order valence-corrected chi connectivity index (χ3v) is 3.73. The maximum Gasteiger partial charge on any atom is 0.254 e. The summed E-state index contributed by atoms with van der Waals surface area (Å²) >= 11 is 0. The molecule has 0 saturated carbocycles. The molecule has 0 radical (unpaired) electrons. The van der Waals surface area contributed by atoms with Gasteiger partial charge < -0.3 is 15.0 Å². The fraction of sp³-hybridized carbons (Fsp3) is 0.278. The van der Waals surface area contributed by atoms with Gasteiger partial charge in [-0.2, -0.15) is 0 Å². The van der Waals surface area contributed by atoms with Crippen molar-refractivity contribution < 1.29 is 9.53 Å². The van der Waals surface area contributed by atoms with Gasteiger partial charge in [0.15, 0.2) is 0 Å². The molecule has 0 unspecified atom stereocenters. The molecule has 2 aromatic carbocycles. The Bertz CT molecular complexity index is 628. The second kappa shape index (κ2) is 8.56. The number of carbonyl (C=O) groups is 1. The molecule has 0 bridgehead atoms. The number of benzene rings is 2. The maximum absolute atomic E-state index is 12.5. The van der Waals surface area contributed by atoms with Crippen LogP contribution in [0.4, 0.5) is 0 Å². The van der Waals surface area contributed by atoms with E-state index in [0.29, 0.717) is 12.2 Å². The summed E-state index contributed by atoms with van der Waals surface area (Å²) in [5.74, 6) is 0.802. The Labute approximate surface area is 142 Å². The second-order valence-corrected chi connectivity index (χ2v) is 5.34. The van der Waals surface area contributed by atoms with Gasteiger partial charge in [-0.15, -0.1) is 12.4 Å². The van der Waals surface area contributed by atoms with Gasteiger partial charge in [0.25, 0.3) is 5.91 Å². The molecule has 5 heteroatoms. The van der Waals surface area contributed by atoms with E-state index in [2.05, 4.69) is 5.32 Å². The fourth-order valence-electron chi connectivity index (χ4n) is 2.51. The summed E-state index contributed by atoms with van der Waals surface area (Å²) in [7, 11) is 0. The highest BCUT2D eigenvalue weighted by Gasteiger charge is 2.18. The average molecular weight is 333 g/mol. The first-order valence-corrected chi connectivity index (χ1v) is 7.60. The number of hydrogen-bond donors (Lipinski definition) is 1. The van der Waals surface area contributed by atoms with Crippen molar-refractivity contribution in [1.29, 1.82) is 0 Å². The number of ether oxygens (including phenoxy) is 1. The summed E-state index contributed by atoms with van der Waals surface area (Å²) < 4.78 is 5.79. The molecule has 2 aromatic rings. The smallest absolute Gasteiger partial charge is 0.254 e. The third-order valence-electron chi connectivity index (χ3n) is 3.73. The van der Waals surface area contributed by atoms with E-state index in [1.54, 1.807) is 0 Å². The summed E-state index contributed by atoms with van der Waals surface area (Å²) in [6.07, 6.45) is 0. The third kappa shape index (κ3) is 4.71. The molecule has 1 amide bonds. The predicted molar refractivity (Wildman–Crippen MR) is 93.2 cm³/mol. The average Bonchev–Trinajstić information content (AvgIpc) is 2.61. The number of hydrogen-bond acceptors (Lipinski definition) is 3. The Balaban J connectivity index is 0.00000192. The van der Waals surface area contributed by atoms with Gasteiger partial charge in [-0.25, -0.2) is 0 Å². The molecule has 1 aliphatic heterocycles. The molecule has 0 atom stereocenters. The molecule has 3 rings (SSSR count). The highest BCUT2D eigenvalue weighted by molar-refractivity contribution is 5.94. The molecule has 122 valence electrons. The highest BCUT2D eigenvalue weighted by atomic mass is 35.5. The van der Waals surface area contributed by atoms with E-state index in [1.165, 1.54) is 0 Å². The van der Waals surface area contributed by atoms with E-state index in [4.69, 9.17) is 4.74 Å². The van der Waals surface area contributed by atoms with E-state index >= 15 is 0 Å². The Morgan fingerprint density at radius 2 is 1.78 bits per heavy atom. The Kier molecular flexibility index (Phi) is 6.44. The van der Waals surface area contributed by atoms with Crippen LogP contribution in [-0.2, 0) is 6.61 Å². The number of nitrogens with one attached hydrogen (secondary N) is 1. The molecule has 23 heavy (non-hydrogen) atoms. The summed E-state index contributed by atoms with van der Waals surface area (Å²) in [5.41, 5.74) is 1.80. The molecular formula is C18H21ClN2O2. The number of amides is 1. The summed E-state index contributed by atoms with van der Waals surface area (Å²) in [5, 5.41) is 3.25. The summed E-state index contributed by atoms with van der Waals surface area (Å²) in [4.78, 5) is 14.4. The first-order valence-electron chi connectivity index (χ1n) is 7.60. The van der Waals surface area contributed by atoms with Crippen molar-refractivity contribution in [2.75, 3.05) is 26.2 Å². The van der Waals surface area contributed by atoms with Crippen LogP contribution < -0.4 is 10.1 Å². The molecule has 4 nitrogen and oxygen atoms in total. The zero-order valence-corrected chi connectivity index (χ0v) is 13.7. The minimum absolute atomic E-state index is 0. The molecule has 0 aliphatic carbocycles. The lowest BCUT2D eigenvalue weighted by Crippen LogP contribution is -2.46. The monoisotopic (exact) mass is 332 g/mol. The van der Waals surface area contributed by atoms with Gasteiger partial charge in [0.1, 0.15) is 12.4 Å². The summed E-state index contributed by atoms with van der Waals surface area (Å²) in [6, 6.07) is 17.4. The number of rotatable bonds is 4. The predicted octanol–water partition coefficient (Wildman–Crippen LogP) is 2.73. The first kappa shape index (κ1) is 17.3. The van der Waals surface area contributed by atoms with Crippen LogP contribution in [-0.4, -0.2) is 37.0 Å². The molecule has 1 aliphatic rings. The van der Waals surface area contributed by atoms with E-state index in [1.807, 2.05) is 59.5 Å². The van der Waals surface area contributed by atoms with Crippen molar-refractivity contribution >= 4 is 18.3 Å². The quantitative estimate of drug-likeness (QED) is 0.936. The minimum Gasteiger partial charge on any atom is -0.489 e. The van der Waals surface area contributed by atoms with Gasteiger partial charge in [-0.05, 0) is 23.8 Å². The number of nitrogens with zero attached hydrogens (tertiary/aromatic N) is 1. The molecular weight excluding hydrogens is 312 g/mol. The Hall–Kier alpha value is -2.04. The van der Waals surface area contributed by atoms with Gasteiger partial charge in [-0.1, -0.05) is 36.4 Å². The lowest BCUT2D eigenvalue weighted by atomic mass is 10.1. The number of halogens is 1. The van der Waals surface area contributed by atoms with Gasteiger partial charge in [0.05, 0.1) is 0 Å². The van der Waals surface area contributed by atoms with Crippen LogP contribution in [0.5, 0.6) is 5.75 Å². The Morgan fingerprint density at radius 1 is 1.04 bits per heavy atom. The lowest BCUT2D eigenvalue weighted by Gasteiger charge is -2.27. The van der Waals surface area contributed by atoms with Crippen LogP contribution in [0.25, 0.3) is 0 Å². The zero-order chi connectivity index (χ0) is 15.2. The zero-order valence-electron chi connectivity index (χ0n) is 12.9. The second-order valence-electron chi connectivity index (χ2n) is 5.34. The van der Waals surface area contributed by atoms with Gasteiger partial charge in [0.2, 0.25) is 0 Å². The topological polar surface area (TPSA) is 41.6 Å². The highest BCUT2D eigenvalue weighted by Crippen LogP contribution is 2.17. The molecule has 0 spiro atoms. The van der Waals surface area contributed by atoms with Crippen molar-refractivity contribution in [3.05, 3.63) is 65.7 Å². The number of piperazine rings is 1. The van der Waals surface area contributed by atoms with Crippen molar-refractivity contribution in [2.45, 2.75) is 6.61 Å². The van der Waals surface area contributed by atoms with E-state index in [0.717, 1.165) is 37.5 Å². The number of carbonyl (C=O) groups excluding carboxylic acids is 1. The molecule has 1 fully saturated rings. The SMILES string of the molecule is Cl.O=C(c1cccc(OCc2ccccc2)c1)N1CCNCC1.